The Morgan fingerprint density at radius 2 is 2.03 bits per heavy atom. The number of thiazole rings is 1. The average Bonchev–Trinajstić information content (AvgIpc) is 3.48. The van der Waals surface area contributed by atoms with Crippen molar-refractivity contribution in [2.45, 2.75) is 25.3 Å². The summed E-state index contributed by atoms with van der Waals surface area (Å²) in [7, 11) is 0. The van der Waals surface area contributed by atoms with Gasteiger partial charge in [-0.05, 0) is 31.0 Å². The predicted molar refractivity (Wildman–Crippen MR) is 118 cm³/mol. The number of amides is 2. The molecule has 1 aliphatic carbocycles. The number of hydrogen-bond donors (Lipinski definition) is 1. The molecule has 1 saturated heterocycles. The summed E-state index contributed by atoms with van der Waals surface area (Å²) in [6.45, 7) is 2.78. The van der Waals surface area contributed by atoms with Gasteiger partial charge >= 0.3 is 0 Å². The van der Waals surface area contributed by atoms with Gasteiger partial charge in [0, 0.05) is 42.5 Å². The summed E-state index contributed by atoms with van der Waals surface area (Å²) in [6.07, 6.45) is 2.24. The SMILES string of the molecule is O=C(CCN(C(=O)c1csc(Nc2cc(Cl)ccc2Cl)n1)C1CC1)N1CCOCC1. The van der Waals surface area contributed by atoms with Crippen LogP contribution in [-0.4, -0.2) is 65.5 Å². The van der Waals surface area contributed by atoms with Crippen LogP contribution in [0.3, 0.4) is 0 Å². The molecule has 0 atom stereocenters. The van der Waals surface area contributed by atoms with Crippen molar-refractivity contribution in [3.05, 3.63) is 39.3 Å². The second-order valence-corrected chi connectivity index (χ2v) is 8.96. The smallest absolute Gasteiger partial charge is 0.273 e. The number of nitrogens with zero attached hydrogens (tertiary/aromatic N) is 3. The van der Waals surface area contributed by atoms with E-state index < -0.39 is 0 Å². The molecule has 1 aromatic heterocycles. The number of hydrogen-bond acceptors (Lipinski definition) is 6. The minimum atomic E-state index is -0.145. The Balaban J connectivity index is 1.39. The number of ether oxygens (including phenoxy) is 1. The maximum Gasteiger partial charge on any atom is 0.273 e. The molecule has 0 spiro atoms. The fourth-order valence-electron chi connectivity index (χ4n) is 3.31. The number of nitrogens with one attached hydrogen (secondary N) is 1. The Hall–Kier alpha value is -1.87. The van der Waals surface area contributed by atoms with E-state index in [0.717, 1.165) is 12.8 Å². The fourth-order valence-corrected chi connectivity index (χ4v) is 4.34. The highest BCUT2D eigenvalue weighted by molar-refractivity contribution is 7.14. The fraction of sp³-hybridized carbons (Fsp3) is 0.450. The molecule has 2 amide bonds. The van der Waals surface area contributed by atoms with Gasteiger partial charge in [0.25, 0.3) is 5.91 Å². The molecule has 0 radical (unpaired) electrons. The highest BCUT2D eigenvalue weighted by atomic mass is 35.5. The molecule has 30 heavy (non-hydrogen) atoms. The number of carbonyl (C=O) groups is 2. The third kappa shape index (κ3) is 5.24. The van der Waals surface area contributed by atoms with Crippen LogP contribution in [0.25, 0.3) is 0 Å². The van der Waals surface area contributed by atoms with Crippen LogP contribution in [0.2, 0.25) is 10.0 Å². The van der Waals surface area contributed by atoms with Gasteiger partial charge in [-0.1, -0.05) is 23.2 Å². The average molecular weight is 469 g/mol. The normalized spacial score (nSPS) is 16.4. The van der Waals surface area contributed by atoms with Crippen LogP contribution in [0.5, 0.6) is 0 Å². The van der Waals surface area contributed by atoms with Crippen molar-refractivity contribution in [1.29, 1.82) is 0 Å². The zero-order valence-electron chi connectivity index (χ0n) is 16.3. The van der Waals surface area contributed by atoms with Crippen molar-refractivity contribution < 1.29 is 14.3 Å². The summed E-state index contributed by atoms with van der Waals surface area (Å²) in [4.78, 5) is 33.5. The first-order valence-corrected chi connectivity index (χ1v) is 11.5. The molecule has 0 unspecified atom stereocenters. The van der Waals surface area contributed by atoms with Gasteiger partial charge in [0.05, 0.1) is 23.9 Å². The molecule has 0 bridgehead atoms. The van der Waals surface area contributed by atoms with Crippen LogP contribution < -0.4 is 5.32 Å². The van der Waals surface area contributed by atoms with Crippen LogP contribution in [0.15, 0.2) is 23.6 Å². The van der Waals surface area contributed by atoms with Gasteiger partial charge in [-0.25, -0.2) is 4.98 Å². The minimum Gasteiger partial charge on any atom is -0.378 e. The second kappa shape index (κ2) is 9.51. The topological polar surface area (TPSA) is 74.8 Å². The van der Waals surface area contributed by atoms with Crippen LogP contribution in [0.1, 0.15) is 29.8 Å². The molecule has 2 fully saturated rings. The third-order valence-corrected chi connectivity index (χ3v) is 6.39. The quantitative estimate of drug-likeness (QED) is 0.663. The molecular formula is C20H22Cl2N4O3S. The molecule has 10 heteroatoms. The lowest BCUT2D eigenvalue weighted by Crippen LogP contribution is -2.43. The van der Waals surface area contributed by atoms with Crippen molar-refractivity contribution >= 4 is 57.2 Å². The standard InChI is InChI=1S/C20H22Cl2N4O3S/c21-13-1-4-15(22)16(11-13)23-20-24-17(12-30-20)19(28)26(14-2-3-14)6-5-18(27)25-7-9-29-10-8-25/h1,4,11-12,14H,2-3,5-10H2,(H,23,24). The third-order valence-electron chi connectivity index (χ3n) is 5.07. The summed E-state index contributed by atoms with van der Waals surface area (Å²) in [5, 5.41) is 6.47. The molecule has 4 rings (SSSR count). The van der Waals surface area contributed by atoms with Crippen LogP contribution in [-0.2, 0) is 9.53 Å². The molecule has 2 aromatic rings. The summed E-state index contributed by atoms with van der Waals surface area (Å²) in [5.74, 6) is -0.0817. The summed E-state index contributed by atoms with van der Waals surface area (Å²) >= 11 is 13.5. The summed E-state index contributed by atoms with van der Waals surface area (Å²) < 4.78 is 5.29. The van der Waals surface area contributed by atoms with E-state index in [1.165, 1.54) is 11.3 Å². The van der Waals surface area contributed by atoms with Gasteiger partial charge in [-0.2, -0.15) is 0 Å². The Labute approximate surface area is 188 Å². The number of rotatable bonds is 7. The number of halogens is 2. The number of aromatic nitrogens is 1. The molecule has 1 saturated carbocycles. The van der Waals surface area contributed by atoms with Gasteiger partial charge in [0.2, 0.25) is 5.91 Å². The molecule has 7 nitrogen and oxygen atoms in total. The lowest BCUT2D eigenvalue weighted by atomic mass is 10.2. The van der Waals surface area contributed by atoms with Crippen LogP contribution in [0, 0.1) is 0 Å². The van der Waals surface area contributed by atoms with Crippen molar-refractivity contribution in [3.8, 4) is 0 Å². The maximum absolute atomic E-state index is 13.1. The van der Waals surface area contributed by atoms with Gasteiger partial charge < -0.3 is 19.9 Å². The maximum atomic E-state index is 13.1. The first-order chi connectivity index (χ1) is 14.5. The zero-order valence-corrected chi connectivity index (χ0v) is 18.6. The Morgan fingerprint density at radius 3 is 2.77 bits per heavy atom. The van der Waals surface area contributed by atoms with Crippen LogP contribution in [0.4, 0.5) is 10.8 Å². The van der Waals surface area contributed by atoms with Crippen molar-refractivity contribution in [2.24, 2.45) is 0 Å². The predicted octanol–water partition coefficient (Wildman–Crippen LogP) is 4.05. The highest BCUT2D eigenvalue weighted by Crippen LogP contribution is 2.32. The van der Waals surface area contributed by atoms with E-state index in [4.69, 9.17) is 27.9 Å². The van der Waals surface area contributed by atoms with Gasteiger partial charge in [0.15, 0.2) is 5.13 Å². The Kier molecular flexibility index (Phi) is 6.77. The first kappa shape index (κ1) is 21.4. The number of benzene rings is 1. The lowest BCUT2D eigenvalue weighted by Gasteiger charge is -2.28. The molecule has 160 valence electrons. The minimum absolute atomic E-state index is 0.0629. The van der Waals surface area contributed by atoms with E-state index in [1.807, 2.05) is 0 Å². The number of morpholine rings is 1. The number of anilines is 2. The van der Waals surface area contributed by atoms with Gasteiger partial charge in [0.1, 0.15) is 5.69 Å². The molecule has 1 aromatic carbocycles. The van der Waals surface area contributed by atoms with E-state index in [1.54, 1.807) is 33.4 Å². The van der Waals surface area contributed by atoms with E-state index >= 15 is 0 Å². The monoisotopic (exact) mass is 468 g/mol. The van der Waals surface area contributed by atoms with Crippen molar-refractivity contribution in [2.75, 3.05) is 38.2 Å². The van der Waals surface area contributed by atoms with Crippen molar-refractivity contribution in [3.63, 3.8) is 0 Å². The van der Waals surface area contributed by atoms with E-state index in [2.05, 4.69) is 10.3 Å². The number of carbonyl (C=O) groups excluding carboxylic acids is 2. The molecule has 2 aliphatic rings. The Bertz CT molecular complexity index is 929. The van der Waals surface area contributed by atoms with E-state index in [0.29, 0.717) is 65.8 Å². The molecule has 2 heterocycles. The van der Waals surface area contributed by atoms with Gasteiger partial charge in [-0.3, -0.25) is 9.59 Å². The van der Waals surface area contributed by atoms with E-state index in [9.17, 15) is 9.59 Å². The largest absolute Gasteiger partial charge is 0.378 e. The molecular weight excluding hydrogens is 447 g/mol. The lowest BCUT2D eigenvalue weighted by molar-refractivity contribution is -0.135. The van der Waals surface area contributed by atoms with Crippen molar-refractivity contribution in [1.82, 2.24) is 14.8 Å². The summed E-state index contributed by atoms with van der Waals surface area (Å²) in [5.41, 5.74) is 0.999. The zero-order chi connectivity index (χ0) is 21.1. The Morgan fingerprint density at radius 1 is 1.27 bits per heavy atom. The highest BCUT2D eigenvalue weighted by Gasteiger charge is 2.34. The van der Waals surface area contributed by atoms with E-state index in [-0.39, 0.29) is 17.9 Å². The summed E-state index contributed by atoms with van der Waals surface area (Å²) in [6, 6.07) is 5.31. The molecule has 1 N–H and O–H groups in total. The second-order valence-electron chi connectivity index (χ2n) is 7.26. The van der Waals surface area contributed by atoms with Gasteiger partial charge in [-0.15, -0.1) is 11.3 Å². The molecule has 1 aliphatic heterocycles. The first-order valence-electron chi connectivity index (χ1n) is 9.85. The van der Waals surface area contributed by atoms with Crippen LogP contribution >= 0.6 is 34.5 Å².